The monoisotopic (exact) mass is 368 g/mol. The number of likely N-dealkylation sites (N-methyl/N-ethyl adjacent to an activating group) is 1. The first-order valence-electron chi connectivity index (χ1n) is 9.32. The third kappa shape index (κ3) is 4.98. The van der Waals surface area contributed by atoms with Gasteiger partial charge in [-0.05, 0) is 51.1 Å². The minimum absolute atomic E-state index is 0.0229. The molecule has 1 saturated heterocycles. The molecule has 144 valence electrons. The Morgan fingerprint density at radius 3 is 2.37 bits per heavy atom. The Hall–Kier alpha value is -2.60. The second kappa shape index (κ2) is 8.39. The fourth-order valence-electron chi connectivity index (χ4n) is 3.41. The van der Waals surface area contributed by atoms with Gasteiger partial charge in [-0.2, -0.15) is 0 Å². The number of rotatable bonds is 5. The lowest BCUT2D eigenvalue weighted by atomic mass is 10.1. The van der Waals surface area contributed by atoms with E-state index in [0.717, 1.165) is 48.9 Å². The van der Waals surface area contributed by atoms with Crippen LogP contribution in [0.1, 0.15) is 16.7 Å². The van der Waals surface area contributed by atoms with Crippen LogP contribution in [0.15, 0.2) is 30.5 Å². The molecular weight excluding hydrogens is 340 g/mol. The van der Waals surface area contributed by atoms with Crippen molar-refractivity contribution < 1.29 is 9.53 Å². The molecule has 0 unspecified atom stereocenters. The fourth-order valence-corrected chi connectivity index (χ4v) is 3.41. The minimum atomic E-state index is -0.191. The molecule has 1 aromatic carbocycles. The van der Waals surface area contributed by atoms with Crippen molar-refractivity contribution in [2.45, 2.75) is 20.8 Å². The van der Waals surface area contributed by atoms with E-state index < -0.39 is 0 Å². The van der Waals surface area contributed by atoms with Crippen LogP contribution in [0.2, 0.25) is 0 Å². The van der Waals surface area contributed by atoms with Gasteiger partial charge in [0.25, 0.3) is 5.91 Å². The number of carbonyl (C=O) groups is 1. The molecular formula is C21H28N4O2. The van der Waals surface area contributed by atoms with Crippen LogP contribution in [-0.4, -0.2) is 55.6 Å². The van der Waals surface area contributed by atoms with E-state index >= 15 is 0 Å². The average Bonchev–Trinajstić information content (AvgIpc) is 2.62. The van der Waals surface area contributed by atoms with Gasteiger partial charge in [-0.15, -0.1) is 0 Å². The summed E-state index contributed by atoms with van der Waals surface area (Å²) in [7, 11) is 2.13. The first-order valence-corrected chi connectivity index (χ1v) is 9.32. The molecule has 1 N–H and O–H groups in total. The van der Waals surface area contributed by atoms with E-state index in [2.05, 4.69) is 46.2 Å². The second-order valence-electron chi connectivity index (χ2n) is 7.26. The van der Waals surface area contributed by atoms with Gasteiger partial charge < -0.3 is 19.9 Å². The van der Waals surface area contributed by atoms with Gasteiger partial charge in [-0.25, -0.2) is 4.98 Å². The number of hydrogen-bond acceptors (Lipinski definition) is 5. The summed E-state index contributed by atoms with van der Waals surface area (Å²) in [5, 5.41) is 2.85. The number of amides is 1. The second-order valence-corrected chi connectivity index (χ2v) is 7.26. The normalized spacial score (nSPS) is 14.9. The average molecular weight is 368 g/mol. The number of aryl methyl sites for hydroxylation is 3. The number of hydrogen-bond donors (Lipinski definition) is 1. The van der Waals surface area contributed by atoms with Gasteiger partial charge >= 0.3 is 0 Å². The topological polar surface area (TPSA) is 57.7 Å². The highest BCUT2D eigenvalue weighted by molar-refractivity contribution is 5.91. The number of anilines is 2. The van der Waals surface area contributed by atoms with Gasteiger partial charge in [0.1, 0.15) is 11.6 Å². The Morgan fingerprint density at radius 2 is 1.78 bits per heavy atom. The lowest BCUT2D eigenvalue weighted by Crippen LogP contribution is -2.44. The van der Waals surface area contributed by atoms with Crippen LogP contribution in [-0.2, 0) is 4.79 Å². The highest BCUT2D eigenvalue weighted by Gasteiger charge is 2.15. The van der Waals surface area contributed by atoms with Gasteiger partial charge in [0, 0.05) is 26.2 Å². The molecule has 0 aliphatic carbocycles. The van der Waals surface area contributed by atoms with Crippen LogP contribution in [0.4, 0.5) is 11.5 Å². The number of benzene rings is 1. The minimum Gasteiger partial charge on any atom is -0.483 e. The molecule has 6 heteroatoms. The van der Waals surface area contributed by atoms with Crippen molar-refractivity contribution >= 4 is 17.4 Å². The number of pyridine rings is 1. The van der Waals surface area contributed by atoms with Gasteiger partial charge in [0.05, 0.1) is 11.9 Å². The summed E-state index contributed by atoms with van der Waals surface area (Å²) in [6.45, 7) is 10.0. The smallest absolute Gasteiger partial charge is 0.262 e. The largest absolute Gasteiger partial charge is 0.483 e. The molecule has 0 bridgehead atoms. The van der Waals surface area contributed by atoms with E-state index in [1.807, 2.05) is 26.0 Å². The summed E-state index contributed by atoms with van der Waals surface area (Å²) in [5.41, 5.74) is 3.95. The first kappa shape index (κ1) is 19.2. The predicted molar refractivity (Wildman–Crippen MR) is 109 cm³/mol. The quantitative estimate of drug-likeness (QED) is 0.879. The van der Waals surface area contributed by atoms with E-state index in [1.54, 1.807) is 6.20 Å². The fraction of sp³-hybridized carbons (Fsp3) is 0.429. The molecule has 1 amide bonds. The third-order valence-electron chi connectivity index (χ3n) is 4.81. The van der Waals surface area contributed by atoms with Crippen LogP contribution in [0.3, 0.4) is 0 Å². The maximum atomic E-state index is 12.2. The summed E-state index contributed by atoms with van der Waals surface area (Å²) in [6, 6.07) is 7.96. The third-order valence-corrected chi connectivity index (χ3v) is 4.81. The number of ether oxygens (including phenoxy) is 1. The summed E-state index contributed by atoms with van der Waals surface area (Å²) in [4.78, 5) is 21.3. The molecule has 0 radical (unpaired) electrons. The van der Waals surface area contributed by atoms with E-state index in [9.17, 15) is 4.79 Å². The number of piperazine rings is 1. The molecule has 1 aliphatic rings. The van der Waals surface area contributed by atoms with E-state index in [0.29, 0.717) is 5.69 Å². The van der Waals surface area contributed by atoms with Crippen molar-refractivity contribution in [2.75, 3.05) is 50.1 Å². The van der Waals surface area contributed by atoms with Crippen LogP contribution in [0.5, 0.6) is 5.75 Å². The predicted octanol–water partition coefficient (Wildman–Crippen LogP) is 2.78. The Balaban J connectivity index is 1.54. The lowest BCUT2D eigenvalue weighted by molar-refractivity contribution is -0.118. The molecule has 1 aliphatic heterocycles. The molecule has 1 fully saturated rings. The van der Waals surface area contributed by atoms with Crippen LogP contribution >= 0.6 is 0 Å². The van der Waals surface area contributed by atoms with Crippen molar-refractivity contribution in [2.24, 2.45) is 0 Å². The molecule has 0 saturated carbocycles. The van der Waals surface area contributed by atoms with Crippen LogP contribution < -0.4 is 15.0 Å². The summed E-state index contributed by atoms with van der Waals surface area (Å²) >= 11 is 0. The van der Waals surface area contributed by atoms with Gasteiger partial charge in [0.15, 0.2) is 6.61 Å². The van der Waals surface area contributed by atoms with Crippen molar-refractivity contribution in [1.82, 2.24) is 9.88 Å². The van der Waals surface area contributed by atoms with Crippen LogP contribution in [0.25, 0.3) is 0 Å². The van der Waals surface area contributed by atoms with Crippen molar-refractivity contribution in [3.8, 4) is 5.75 Å². The summed E-state index contributed by atoms with van der Waals surface area (Å²) in [5.74, 6) is 1.53. The highest BCUT2D eigenvalue weighted by atomic mass is 16.5. The number of carbonyl (C=O) groups excluding carboxylic acids is 1. The molecule has 27 heavy (non-hydrogen) atoms. The Labute approximate surface area is 161 Å². The van der Waals surface area contributed by atoms with Crippen molar-refractivity contribution in [1.29, 1.82) is 0 Å². The SMILES string of the molecule is Cc1cc(C)c(OCC(=O)Nc2ccc(N3CCN(C)CC3)nc2)c(C)c1. The molecule has 6 nitrogen and oxygen atoms in total. The van der Waals surface area contributed by atoms with Gasteiger partial charge in [-0.1, -0.05) is 17.7 Å². The zero-order valence-corrected chi connectivity index (χ0v) is 16.6. The van der Waals surface area contributed by atoms with Gasteiger partial charge in [-0.3, -0.25) is 4.79 Å². The van der Waals surface area contributed by atoms with E-state index in [-0.39, 0.29) is 12.5 Å². The van der Waals surface area contributed by atoms with Crippen LogP contribution in [0, 0.1) is 20.8 Å². The standard InChI is InChI=1S/C21H28N4O2/c1-15-11-16(2)21(17(3)12-15)27-14-20(26)23-18-5-6-19(22-13-18)25-9-7-24(4)8-10-25/h5-6,11-13H,7-10,14H2,1-4H3,(H,23,26). The lowest BCUT2D eigenvalue weighted by Gasteiger charge is -2.33. The Bertz CT molecular complexity index is 773. The van der Waals surface area contributed by atoms with E-state index in [1.165, 1.54) is 5.56 Å². The molecule has 2 heterocycles. The number of nitrogens with zero attached hydrogens (tertiary/aromatic N) is 3. The molecule has 0 spiro atoms. The zero-order valence-electron chi connectivity index (χ0n) is 16.6. The highest BCUT2D eigenvalue weighted by Crippen LogP contribution is 2.24. The number of aromatic nitrogens is 1. The maximum Gasteiger partial charge on any atom is 0.262 e. The Kier molecular flexibility index (Phi) is 5.96. The molecule has 3 rings (SSSR count). The molecule has 1 aromatic heterocycles. The Morgan fingerprint density at radius 1 is 1.11 bits per heavy atom. The molecule has 2 aromatic rings. The van der Waals surface area contributed by atoms with Crippen molar-refractivity contribution in [3.05, 3.63) is 47.2 Å². The zero-order chi connectivity index (χ0) is 19.4. The molecule has 0 atom stereocenters. The summed E-state index contributed by atoms with van der Waals surface area (Å²) < 4.78 is 5.74. The summed E-state index contributed by atoms with van der Waals surface area (Å²) in [6.07, 6.45) is 1.70. The van der Waals surface area contributed by atoms with Gasteiger partial charge in [0.2, 0.25) is 0 Å². The van der Waals surface area contributed by atoms with E-state index in [4.69, 9.17) is 4.74 Å². The first-order chi connectivity index (χ1) is 12.9. The maximum absolute atomic E-state index is 12.2. The number of nitrogens with one attached hydrogen (secondary N) is 1. The van der Waals surface area contributed by atoms with Crippen molar-refractivity contribution in [3.63, 3.8) is 0 Å².